The number of anilines is 3. The Hall–Kier alpha value is -4.12. The van der Waals surface area contributed by atoms with Gasteiger partial charge in [-0.3, -0.25) is 0 Å². The van der Waals surface area contributed by atoms with Gasteiger partial charge in [-0.25, -0.2) is 0 Å². The van der Waals surface area contributed by atoms with E-state index in [1.165, 1.54) is 0 Å². The average molecular weight is 571 g/mol. The van der Waals surface area contributed by atoms with Crippen LogP contribution in [0.3, 0.4) is 0 Å². The number of hydrogen-bond acceptors (Lipinski definition) is 4. The molecule has 6 heteroatoms. The zero-order chi connectivity index (χ0) is 28.1. The molecule has 0 fully saturated rings. The van der Waals surface area contributed by atoms with Gasteiger partial charge in [0, 0.05) is 27.1 Å². The van der Waals surface area contributed by atoms with Crippen molar-refractivity contribution in [3.8, 4) is 17.2 Å². The number of hydrogen-bond donors (Lipinski definition) is 2. The fourth-order valence-electron chi connectivity index (χ4n) is 4.98. The molecule has 5 aromatic carbocycles. The molecule has 0 aliphatic heterocycles. The molecule has 40 heavy (non-hydrogen) atoms. The Kier molecular flexibility index (Phi) is 8.20. The zero-order valence-corrected chi connectivity index (χ0v) is 23.5. The summed E-state index contributed by atoms with van der Waals surface area (Å²) in [5, 5.41) is 21.1. The van der Waals surface area contributed by atoms with Gasteiger partial charge in [0.05, 0.1) is 5.41 Å². The van der Waals surface area contributed by atoms with Gasteiger partial charge in [0.15, 0.2) is 0 Å². The van der Waals surface area contributed by atoms with E-state index < -0.39 is 5.41 Å². The molecule has 0 aliphatic rings. The largest absolute Gasteiger partial charge is 0.508 e. The Bertz CT molecular complexity index is 1480. The van der Waals surface area contributed by atoms with Gasteiger partial charge in [-0.2, -0.15) is 0 Å². The van der Waals surface area contributed by atoms with Crippen molar-refractivity contribution in [1.82, 2.24) is 0 Å². The van der Waals surface area contributed by atoms with Crippen molar-refractivity contribution < 1.29 is 14.9 Å². The SMILES string of the molecule is CCC(COc1ccc(N(c2cccc(Cl)c2)c2cccc(Cl)c2)cc1)(c1ccc(O)cc1)c1ccc(O)cc1. The Morgan fingerprint density at radius 2 is 1.10 bits per heavy atom. The number of phenols is 2. The van der Waals surface area contributed by atoms with Crippen molar-refractivity contribution >= 4 is 40.3 Å². The van der Waals surface area contributed by atoms with E-state index in [1.54, 1.807) is 24.3 Å². The zero-order valence-electron chi connectivity index (χ0n) is 22.0. The average Bonchev–Trinajstić information content (AvgIpc) is 2.96. The van der Waals surface area contributed by atoms with Crippen LogP contribution in [0.2, 0.25) is 10.0 Å². The molecule has 4 nitrogen and oxygen atoms in total. The second kappa shape index (κ2) is 12.0. The van der Waals surface area contributed by atoms with E-state index in [-0.39, 0.29) is 11.5 Å². The molecular formula is C34H29Cl2NO3. The Labute approximate surface area is 244 Å². The van der Waals surface area contributed by atoms with Crippen LogP contribution in [0.1, 0.15) is 24.5 Å². The minimum Gasteiger partial charge on any atom is -0.508 e. The van der Waals surface area contributed by atoms with Gasteiger partial charge in [-0.05, 0) is 102 Å². The molecule has 0 saturated carbocycles. The first-order valence-corrected chi connectivity index (χ1v) is 13.8. The first kappa shape index (κ1) is 27.4. The predicted molar refractivity (Wildman–Crippen MR) is 164 cm³/mol. The number of ether oxygens (including phenoxy) is 1. The Morgan fingerprint density at radius 3 is 1.52 bits per heavy atom. The number of halogens is 2. The summed E-state index contributed by atoms with van der Waals surface area (Å²) in [6.07, 6.45) is 0.748. The number of aromatic hydroxyl groups is 2. The smallest absolute Gasteiger partial charge is 0.119 e. The molecule has 5 aromatic rings. The van der Waals surface area contributed by atoms with Crippen molar-refractivity contribution in [3.05, 3.63) is 142 Å². The number of benzene rings is 5. The first-order valence-electron chi connectivity index (χ1n) is 13.0. The standard InChI is InChI=1S/C34H29Cl2NO3/c1-2-34(24-9-15-31(38)16-10-24,25-11-17-32(39)18-12-25)23-40-33-19-13-28(14-20-33)37(29-7-3-5-26(35)21-29)30-8-4-6-27(36)22-30/h3-22,38-39H,2,23H2,1H3. The molecule has 202 valence electrons. The molecule has 2 N–H and O–H groups in total. The highest BCUT2D eigenvalue weighted by Crippen LogP contribution is 2.40. The minimum atomic E-state index is -0.492. The van der Waals surface area contributed by atoms with Crippen LogP contribution in [0.25, 0.3) is 0 Å². The summed E-state index contributed by atoms with van der Waals surface area (Å²) in [6, 6.07) is 37.7. The van der Waals surface area contributed by atoms with Crippen LogP contribution in [-0.2, 0) is 5.41 Å². The molecule has 5 rings (SSSR count). The van der Waals surface area contributed by atoms with Gasteiger partial charge in [-0.15, -0.1) is 0 Å². The molecule has 0 aromatic heterocycles. The maximum Gasteiger partial charge on any atom is 0.119 e. The van der Waals surface area contributed by atoms with Gasteiger partial charge < -0.3 is 19.8 Å². The van der Waals surface area contributed by atoms with Gasteiger partial charge in [-0.1, -0.05) is 66.5 Å². The number of nitrogens with zero attached hydrogens (tertiary/aromatic N) is 1. The van der Waals surface area contributed by atoms with Crippen molar-refractivity contribution in [3.63, 3.8) is 0 Å². The van der Waals surface area contributed by atoms with Crippen molar-refractivity contribution in [1.29, 1.82) is 0 Å². The fraction of sp³-hybridized carbons (Fsp3) is 0.118. The van der Waals surface area contributed by atoms with E-state index in [0.29, 0.717) is 16.7 Å². The second-order valence-electron chi connectivity index (χ2n) is 9.61. The third-order valence-corrected chi connectivity index (χ3v) is 7.63. The van der Waals surface area contributed by atoms with Crippen LogP contribution in [-0.4, -0.2) is 16.8 Å². The minimum absolute atomic E-state index is 0.208. The highest BCUT2D eigenvalue weighted by atomic mass is 35.5. The summed E-state index contributed by atoms with van der Waals surface area (Å²) in [4.78, 5) is 2.09. The molecule has 0 aliphatic carbocycles. The molecule has 0 radical (unpaired) electrons. The Balaban J connectivity index is 1.46. The van der Waals surface area contributed by atoms with Gasteiger partial charge >= 0.3 is 0 Å². The van der Waals surface area contributed by atoms with Crippen LogP contribution in [0, 0.1) is 0 Å². The normalized spacial score (nSPS) is 11.3. The van der Waals surface area contributed by atoms with Gasteiger partial charge in [0.25, 0.3) is 0 Å². The second-order valence-corrected chi connectivity index (χ2v) is 10.5. The lowest BCUT2D eigenvalue weighted by Crippen LogP contribution is -2.34. The monoisotopic (exact) mass is 569 g/mol. The van der Waals surface area contributed by atoms with Crippen LogP contribution < -0.4 is 9.64 Å². The number of rotatable bonds is 9. The summed E-state index contributed by atoms with van der Waals surface area (Å²) in [6.45, 7) is 2.48. The highest BCUT2D eigenvalue weighted by molar-refractivity contribution is 6.31. The van der Waals surface area contributed by atoms with Crippen LogP contribution in [0.5, 0.6) is 17.2 Å². The van der Waals surface area contributed by atoms with Crippen molar-refractivity contribution in [2.75, 3.05) is 11.5 Å². The van der Waals surface area contributed by atoms with Gasteiger partial charge in [0.1, 0.15) is 23.9 Å². The molecule has 0 amide bonds. The van der Waals surface area contributed by atoms with Gasteiger partial charge in [0.2, 0.25) is 0 Å². The van der Waals surface area contributed by atoms with Crippen LogP contribution in [0.15, 0.2) is 121 Å². The fourth-order valence-corrected chi connectivity index (χ4v) is 5.35. The first-order chi connectivity index (χ1) is 19.4. The highest BCUT2D eigenvalue weighted by Gasteiger charge is 2.34. The molecule has 0 atom stereocenters. The van der Waals surface area contributed by atoms with E-state index in [9.17, 15) is 10.2 Å². The van der Waals surface area contributed by atoms with E-state index in [4.69, 9.17) is 27.9 Å². The molecule has 0 spiro atoms. The summed E-state index contributed by atoms with van der Waals surface area (Å²) >= 11 is 12.7. The third-order valence-electron chi connectivity index (χ3n) is 7.16. The molecule has 0 unspecified atom stereocenters. The summed E-state index contributed by atoms with van der Waals surface area (Å²) in [5.74, 6) is 1.14. The predicted octanol–water partition coefficient (Wildman–Crippen LogP) is 9.65. The lowest BCUT2D eigenvalue weighted by Gasteiger charge is -2.34. The van der Waals surface area contributed by atoms with Crippen molar-refractivity contribution in [2.24, 2.45) is 0 Å². The number of phenolic OH excluding ortho intramolecular Hbond substituents is 2. The molecule has 0 bridgehead atoms. The van der Waals surface area contributed by atoms with Crippen LogP contribution in [0.4, 0.5) is 17.1 Å². The Morgan fingerprint density at radius 1 is 0.625 bits per heavy atom. The summed E-state index contributed by atoms with van der Waals surface area (Å²) in [7, 11) is 0. The van der Waals surface area contributed by atoms with Crippen molar-refractivity contribution in [2.45, 2.75) is 18.8 Å². The molecule has 0 heterocycles. The lowest BCUT2D eigenvalue weighted by atomic mass is 9.73. The maximum atomic E-state index is 9.89. The third kappa shape index (κ3) is 5.89. The lowest BCUT2D eigenvalue weighted by molar-refractivity contribution is 0.237. The van der Waals surface area contributed by atoms with E-state index >= 15 is 0 Å². The molecular weight excluding hydrogens is 541 g/mol. The molecule has 0 saturated heterocycles. The summed E-state index contributed by atoms with van der Waals surface area (Å²) < 4.78 is 6.43. The van der Waals surface area contributed by atoms with E-state index in [0.717, 1.165) is 40.4 Å². The van der Waals surface area contributed by atoms with E-state index in [2.05, 4.69) is 11.8 Å². The summed E-state index contributed by atoms with van der Waals surface area (Å²) in [5.41, 5.74) is 4.29. The topological polar surface area (TPSA) is 52.9 Å². The quantitative estimate of drug-likeness (QED) is 0.185. The maximum absolute atomic E-state index is 9.89. The van der Waals surface area contributed by atoms with Crippen LogP contribution >= 0.6 is 23.2 Å². The van der Waals surface area contributed by atoms with E-state index in [1.807, 2.05) is 97.1 Å².